The van der Waals surface area contributed by atoms with E-state index in [4.69, 9.17) is 4.74 Å². The molecule has 0 N–H and O–H groups in total. The Hall–Kier alpha value is -1.36. The van der Waals surface area contributed by atoms with Crippen LogP contribution in [0.3, 0.4) is 0 Å². The third-order valence-electron chi connectivity index (χ3n) is 2.84. The summed E-state index contributed by atoms with van der Waals surface area (Å²) in [5.74, 6) is 0. The van der Waals surface area contributed by atoms with Crippen molar-refractivity contribution in [1.29, 1.82) is 0 Å². The molecule has 1 amide bonds. The summed E-state index contributed by atoms with van der Waals surface area (Å²) < 4.78 is 5.20. The molecule has 1 aromatic carbocycles. The average molecular weight is 298 g/mol. The van der Waals surface area contributed by atoms with E-state index in [0.717, 1.165) is 11.8 Å². The van der Waals surface area contributed by atoms with Gasteiger partial charge >= 0.3 is 6.09 Å². The van der Waals surface area contributed by atoms with Crippen molar-refractivity contribution in [2.24, 2.45) is 0 Å². The number of hydrogen-bond acceptors (Lipinski definition) is 3. The van der Waals surface area contributed by atoms with Gasteiger partial charge in [0.1, 0.15) is 17.2 Å². The highest BCUT2D eigenvalue weighted by Gasteiger charge is 2.43. The Morgan fingerprint density at radius 2 is 2.06 bits per heavy atom. The van der Waals surface area contributed by atoms with Crippen molar-refractivity contribution in [2.45, 2.75) is 17.0 Å². The second-order valence-corrected chi connectivity index (χ2v) is 4.95. The number of carbonyl (C=O) groups is 2. The number of rotatable bonds is 3. The molecule has 0 radical (unpaired) electrons. The third kappa shape index (κ3) is 2.20. The molecule has 1 fully saturated rings. The van der Waals surface area contributed by atoms with E-state index in [0.29, 0.717) is 0 Å². The fourth-order valence-corrected chi connectivity index (χ4v) is 2.38. The van der Waals surface area contributed by atoms with Gasteiger partial charge in [0.05, 0.1) is 6.04 Å². The standard InChI is InChI=1S/C12H12BrNO3/c1-14-10(8-5-3-2-4-6-8)11(9(13)7-15)17-12(14)16/h2-7,9-11H,1H3/t9?,10-,11-/m0/s1. The highest BCUT2D eigenvalue weighted by Crippen LogP contribution is 2.35. The first-order chi connectivity index (χ1) is 8.15. The lowest BCUT2D eigenvalue weighted by atomic mass is 9.99. The molecule has 90 valence electrons. The number of halogens is 1. The summed E-state index contributed by atoms with van der Waals surface area (Å²) in [4.78, 5) is 23.4. The Morgan fingerprint density at radius 1 is 1.41 bits per heavy atom. The lowest BCUT2D eigenvalue weighted by Crippen LogP contribution is -2.31. The van der Waals surface area contributed by atoms with Crippen LogP contribution in [0.25, 0.3) is 0 Å². The van der Waals surface area contributed by atoms with Crippen molar-refractivity contribution in [3.05, 3.63) is 35.9 Å². The van der Waals surface area contributed by atoms with Crippen LogP contribution in [-0.2, 0) is 9.53 Å². The van der Waals surface area contributed by atoms with Crippen LogP contribution in [0.15, 0.2) is 30.3 Å². The molecule has 0 aliphatic carbocycles. The van der Waals surface area contributed by atoms with Crippen LogP contribution in [0, 0.1) is 0 Å². The number of amides is 1. The second-order valence-electron chi connectivity index (χ2n) is 3.90. The fraction of sp³-hybridized carbons (Fsp3) is 0.333. The zero-order chi connectivity index (χ0) is 12.4. The maximum Gasteiger partial charge on any atom is 0.410 e. The normalized spacial score (nSPS) is 25.5. The number of likely N-dealkylation sites (N-methyl/N-ethyl adjacent to an activating group) is 1. The summed E-state index contributed by atoms with van der Waals surface area (Å²) in [7, 11) is 1.67. The van der Waals surface area contributed by atoms with E-state index >= 15 is 0 Å². The van der Waals surface area contributed by atoms with Gasteiger partial charge in [0.2, 0.25) is 0 Å². The largest absolute Gasteiger partial charge is 0.442 e. The van der Waals surface area contributed by atoms with Gasteiger partial charge in [-0.05, 0) is 5.56 Å². The molecule has 4 nitrogen and oxygen atoms in total. The number of cyclic esters (lactones) is 1. The van der Waals surface area contributed by atoms with E-state index < -0.39 is 17.0 Å². The molecule has 1 heterocycles. The van der Waals surface area contributed by atoms with E-state index in [2.05, 4.69) is 15.9 Å². The number of hydrogen-bond donors (Lipinski definition) is 0. The number of ether oxygens (including phenoxy) is 1. The van der Waals surface area contributed by atoms with Crippen molar-refractivity contribution in [3.63, 3.8) is 0 Å². The van der Waals surface area contributed by atoms with Gasteiger partial charge in [-0.25, -0.2) is 4.79 Å². The molecule has 1 aliphatic heterocycles. The summed E-state index contributed by atoms with van der Waals surface area (Å²) in [6.07, 6.45) is -0.157. The first kappa shape index (κ1) is 12.1. The maximum atomic E-state index is 11.6. The first-order valence-electron chi connectivity index (χ1n) is 5.23. The molecule has 1 aliphatic rings. The third-order valence-corrected chi connectivity index (χ3v) is 3.58. The van der Waals surface area contributed by atoms with Gasteiger partial charge in [-0.1, -0.05) is 46.3 Å². The van der Waals surface area contributed by atoms with Gasteiger partial charge in [0, 0.05) is 7.05 Å². The molecule has 0 saturated carbocycles. The minimum atomic E-state index is -0.499. The van der Waals surface area contributed by atoms with Gasteiger partial charge in [-0.15, -0.1) is 0 Å². The van der Waals surface area contributed by atoms with E-state index in [1.165, 1.54) is 4.90 Å². The van der Waals surface area contributed by atoms with Crippen LogP contribution < -0.4 is 0 Å². The van der Waals surface area contributed by atoms with Crippen molar-refractivity contribution in [2.75, 3.05) is 7.05 Å². The molecule has 2 rings (SSSR count). The van der Waals surface area contributed by atoms with Crippen molar-refractivity contribution in [3.8, 4) is 0 Å². The molecule has 0 bridgehead atoms. The van der Waals surface area contributed by atoms with Crippen LogP contribution in [0.5, 0.6) is 0 Å². The number of nitrogens with zero attached hydrogens (tertiary/aromatic N) is 1. The van der Waals surface area contributed by atoms with Crippen molar-refractivity contribution >= 4 is 28.3 Å². The molecular formula is C12H12BrNO3. The van der Waals surface area contributed by atoms with Gasteiger partial charge in [-0.2, -0.15) is 0 Å². The number of benzene rings is 1. The molecule has 1 aromatic rings. The summed E-state index contributed by atoms with van der Waals surface area (Å²) in [5, 5.41) is 0. The van der Waals surface area contributed by atoms with Gasteiger partial charge in [0.25, 0.3) is 0 Å². The van der Waals surface area contributed by atoms with Gasteiger partial charge in [0.15, 0.2) is 0 Å². The van der Waals surface area contributed by atoms with Gasteiger partial charge < -0.3 is 14.4 Å². The molecule has 0 spiro atoms. The SMILES string of the molecule is CN1C(=O)O[C@@H](C(Br)C=O)[C@@H]1c1ccccc1. The fourth-order valence-electron chi connectivity index (χ4n) is 1.98. The van der Waals surface area contributed by atoms with E-state index in [1.54, 1.807) is 7.05 Å². The van der Waals surface area contributed by atoms with Crippen LogP contribution >= 0.6 is 15.9 Å². The molecule has 3 atom stereocenters. The molecule has 17 heavy (non-hydrogen) atoms. The van der Waals surface area contributed by atoms with Crippen LogP contribution in [0.2, 0.25) is 0 Å². The topological polar surface area (TPSA) is 46.6 Å². The summed E-state index contributed by atoms with van der Waals surface area (Å²) >= 11 is 3.22. The number of aldehydes is 1. The minimum absolute atomic E-state index is 0.238. The Morgan fingerprint density at radius 3 is 2.65 bits per heavy atom. The Bertz CT molecular complexity index is 423. The van der Waals surface area contributed by atoms with Crippen LogP contribution in [-0.4, -0.2) is 35.3 Å². The average Bonchev–Trinajstić information content (AvgIpc) is 2.66. The molecule has 5 heteroatoms. The lowest BCUT2D eigenvalue weighted by molar-refractivity contribution is -0.108. The summed E-state index contributed by atoms with van der Waals surface area (Å²) in [6, 6.07) is 9.29. The van der Waals surface area contributed by atoms with Crippen LogP contribution in [0.1, 0.15) is 11.6 Å². The Balaban J connectivity index is 2.34. The maximum absolute atomic E-state index is 11.6. The lowest BCUT2D eigenvalue weighted by Gasteiger charge is -2.22. The summed E-state index contributed by atoms with van der Waals surface area (Å²) in [6.45, 7) is 0. The van der Waals surface area contributed by atoms with Crippen molar-refractivity contribution in [1.82, 2.24) is 4.90 Å². The van der Waals surface area contributed by atoms with E-state index in [-0.39, 0.29) is 6.04 Å². The highest BCUT2D eigenvalue weighted by atomic mass is 79.9. The number of carbonyl (C=O) groups excluding carboxylic acids is 2. The van der Waals surface area contributed by atoms with Crippen molar-refractivity contribution < 1.29 is 14.3 Å². The Labute approximate surface area is 108 Å². The Kier molecular flexibility index (Phi) is 3.47. The van der Waals surface area contributed by atoms with Crippen LogP contribution in [0.4, 0.5) is 4.79 Å². The first-order valence-corrected chi connectivity index (χ1v) is 6.14. The van der Waals surface area contributed by atoms with Gasteiger partial charge in [-0.3, -0.25) is 0 Å². The zero-order valence-electron chi connectivity index (χ0n) is 9.25. The molecule has 0 aromatic heterocycles. The second kappa shape index (κ2) is 4.87. The molecule has 1 saturated heterocycles. The minimum Gasteiger partial charge on any atom is -0.442 e. The zero-order valence-corrected chi connectivity index (χ0v) is 10.8. The monoisotopic (exact) mass is 297 g/mol. The predicted octanol–water partition coefficient (Wildman–Crippen LogP) is 2.14. The van der Waals surface area contributed by atoms with E-state index in [1.807, 2.05) is 30.3 Å². The highest BCUT2D eigenvalue weighted by molar-refractivity contribution is 9.10. The number of alkyl halides is 1. The van der Waals surface area contributed by atoms with E-state index in [9.17, 15) is 9.59 Å². The molecule has 1 unspecified atom stereocenters. The summed E-state index contributed by atoms with van der Waals surface area (Å²) in [5.41, 5.74) is 0.956. The molecular weight excluding hydrogens is 286 g/mol. The quantitative estimate of drug-likeness (QED) is 0.634. The smallest absolute Gasteiger partial charge is 0.410 e. The predicted molar refractivity (Wildman–Crippen MR) is 66.0 cm³/mol.